The van der Waals surface area contributed by atoms with Crippen molar-refractivity contribution in [1.29, 1.82) is 0 Å². The first kappa shape index (κ1) is 16.5. The number of nitrogens with one attached hydrogen (secondary N) is 2. The number of benzene rings is 2. The molecule has 2 aromatic carbocycles. The summed E-state index contributed by atoms with van der Waals surface area (Å²) in [6.45, 7) is 8.66. The predicted molar refractivity (Wildman–Crippen MR) is 101 cm³/mol. The van der Waals surface area contributed by atoms with Crippen LogP contribution >= 0.6 is 0 Å². The minimum absolute atomic E-state index is 0.0178. The Bertz CT molecular complexity index is 864. The Kier molecular flexibility index (Phi) is 4.86. The first-order chi connectivity index (χ1) is 11.6. The molecule has 0 saturated carbocycles. The molecule has 1 aromatic heterocycles. The number of fused-ring (bicyclic) bond motifs is 3. The quantitative estimate of drug-likeness (QED) is 0.682. The van der Waals surface area contributed by atoms with E-state index in [-0.39, 0.29) is 5.91 Å². The van der Waals surface area contributed by atoms with Crippen LogP contribution in [0.4, 0.5) is 0 Å². The Hall–Kier alpha value is -2.33. The van der Waals surface area contributed by atoms with Gasteiger partial charge < -0.3 is 15.2 Å². The third kappa shape index (κ3) is 3.15. The van der Waals surface area contributed by atoms with Crippen molar-refractivity contribution in [1.82, 2.24) is 15.2 Å². The molecule has 0 aliphatic carbocycles. The average molecular weight is 323 g/mol. The van der Waals surface area contributed by atoms with Crippen molar-refractivity contribution in [3.63, 3.8) is 0 Å². The van der Waals surface area contributed by atoms with Gasteiger partial charge >= 0.3 is 0 Å². The van der Waals surface area contributed by atoms with Crippen LogP contribution in [0.2, 0.25) is 0 Å². The second-order valence-electron chi connectivity index (χ2n) is 6.36. The summed E-state index contributed by atoms with van der Waals surface area (Å²) in [6, 6.07) is 14.8. The number of amides is 1. The van der Waals surface area contributed by atoms with E-state index in [1.54, 1.807) is 0 Å². The molecule has 24 heavy (non-hydrogen) atoms. The molecule has 0 bridgehead atoms. The molecule has 0 radical (unpaired) electrons. The number of hydrogen-bond acceptors (Lipinski definition) is 2. The smallest absolute Gasteiger partial charge is 0.251 e. The van der Waals surface area contributed by atoms with E-state index in [0.29, 0.717) is 18.2 Å². The lowest BCUT2D eigenvalue weighted by molar-refractivity contribution is 0.0954. The predicted octanol–water partition coefficient (Wildman–Crippen LogP) is 3.54. The van der Waals surface area contributed by atoms with Crippen LogP contribution in [0.3, 0.4) is 0 Å². The topological polar surface area (TPSA) is 46.1 Å². The van der Waals surface area contributed by atoms with E-state index < -0.39 is 0 Å². The Morgan fingerprint density at radius 1 is 1.04 bits per heavy atom. The van der Waals surface area contributed by atoms with Gasteiger partial charge in [-0.05, 0) is 31.2 Å². The van der Waals surface area contributed by atoms with Crippen molar-refractivity contribution >= 4 is 27.7 Å². The fourth-order valence-electron chi connectivity index (χ4n) is 3.17. The molecule has 0 unspecified atom stereocenters. The monoisotopic (exact) mass is 323 g/mol. The maximum atomic E-state index is 12.4. The van der Waals surface area contributed by atoms with Crippen LogP contribution in [0.15, 0.2) is 42.5 Å². The molecule has 126 valence electrons. The van der Waals surface area contributed by atoms with E-state index in [1.165, 1.54) is 16.4 Å². The van der Waals surface area contributed by atoms with Gasteiger partial charge in [0.05, 0.1) is 0 Å². The van der Waals surface area contributed by atoms with Gasteiger partial charge in [0.1, 0.15) is 0 Å². The number of carbonyl (C=O) groups is 1. The highest BCUT2D eigenvalue weighted by atomic mass is 16.1. The van der Waals surface area contributed by atoms with E-state index in [2.05, 4.69) is 60.2 Å². The molecular formula is C20H25N3O. The van der Waals surface area contributed by atoms with E-state index in [1.807, 2.05) is 18.2 Å². The minimum atomic E-state index is -0.0178. The lowest BCUT2D eigenvalue weighted by Crippen LogP contribution is -2.34. The third-order valence-electron chi connectivity index (χ3n) is 4.31. The summed E-state index contributed by atoms with van der Waals surface area (Å²) in [5, 5.41) is 8.62. The second-order valence-corrected chi connectivity index (χ2v) is 6.36. The largest absolute Gasteiger partial charge is 0.351 e. The van der Waals surface area contributed by atoms with Gasteiger partial charge in [-0.1, -0.05) is 32.0 Å². The van der Waals surface area contributed by atoms with Crippen LogP contribution in [0.5, 0.6) is 0 Å². The van der Waals surface area contributed by atoms with E-state index in [9.17, 15) is 4.79 Å². The van der Waals surface area contributed by atoms with Gasteiger partial charge in [-0.3, -0.25) is 4.79 Å². The maximum absolute atomic E-state index is 12.4. The molecule has 3 aromatic rings. The molecule has 3 rings (SSSR count). The minimum Gasteiger partial charge on any atom is -0.351 e. The standard InChI is InChI=1S/C20H25N3O/c1-4-23-18-8-6-5-7-16(18)17-13-15(9-10-19(17)23)20(24)22-12-11-21-14(2)3/h5-10,13-14,21H,4,11-12H2,1-3H3,(H,22,24). The van der Waals surface area contributed by atoms with Crippen LogP contribution in [-0.4, -0.2) is 29.6 Å². The number of hydrogen-bond donors (Lipinski definition) is 2. The van der Waals surface area contributed by atoms with Crippen LogP contribution in [0, 0.1) is 0 Å². The molecule has 0 saturated heterocycles. The van der Waals surface area contributed by atoms with Gasteiger partial charge in [-0.15, -0.1) is 0 Å². The molecule has 0 fully saturated rings. The summed E-state index contributed by atoms with van der Waals surface area (Å²) < 4.78 is 2.29. The van der Waals surface area contributed by atoms with Crippen molar-refractivity contribution in [2.75, 3.05) is 13.1 Å². The molecule has 1 amide bonds. The van der Waals surface area contributed by atoms with Crippen LogP contribution in [-0.2, 0) is 6.54 Å². The van der Waals surface area contributed by atoms with E-state index in [4.69, 9.17) is 0 Å². The number of rotatable bonds is 6. The first-order valence-corrected chi connectivity index (χ1v) is 8.64. The molecule has 1 heterocycles. The second kappa shape index (κ2) is 7.05. The number of para-hydroxylation sites is 1. The van der Waals surface area contributed by atoms with Gasteiger partial charge in [0.2, 0.25) is 0 Å². The van der Waals surface area contributed by atoms with Gasteiger partial charge in [-0.25, -0.2) is 0 Å². The summed E-state index contributed by atoms with van der Waals surface area (Å²) in [6.07, 6.45) is 0. The highest BCUT2D eigenvalue weighted by Crippen LogP contribution is 2.29. The van der Waals surface area contributed by atoms with Gasteiger partial charge in [0.15, 0.2) is 0 Å². The van der Waals surface area contributed by atoms with Crippen molar-refractivity contribution in [2.45, 2.75) is 33.4 Å². The fourth-order valence-corrected chi connectivity index (χ4v) is 3.17. The number of carbonyl (C=O) groups excluding carboxylic acids is 1. The zero-order valence-corrected chi connectivity index (χ0v) is 14.6. The van der Waals surface area contributed by atoms with Crippen molar-refractivity contribution in [3.05, 3.63) is 48.0 Å². The summed E-state index contributed by atoms with van der Waals surface area (Å²) in [5.41, 5.74) is 3.11. The molecule has 0 spiro atoms. The lowest BCUT2D eigenvalue weighted by atomic mass is 10.1. The Balaban J connectivity index is 1.88. The van der Waals surface area contributed by atoms with Crippen LogP contribution in [0.1, 0.15) is 31.1 Å². The molecular weight excluding hydrogens is 298 g/mol. The van der Waals surface area contributed by atoms with Gasteiger partial charge in [0, 0.05) is 53.0 Å². The molecule has 2 N–H and O–H groups in total. The Morgan fingerprint density at radius 3 is 2.54 bits per heavy atom. The van der Waals surface area contributed by atoms with Gasteiger partial charge in [0.25, 0.3) is 5.91 Å². The first-order valence-electron chi connectivity index (χ1n) is 8.64. The normalized spacial score (nSPS) is 11.5. The highest BCUT2D eigenvalue weighted by Gasteiger charge is 2.12. The highest BCUT2D eigenvalue weighted by molar-refractivity contribution is 6.10. The summed E-state index contributed by atoms with van der Waals surface area (Å²) in [4.78, 5) is 12.4. The third-order valence-corrected chi connectivity index (χ3v) is 4.31. The van der Waals surface area contributed by atoms with Gasteiger partial charge in [-0.2, -0.15) is 0 Å². The molecule has 4 nitrogen and oxygen atoms in total. The van der Waals surface area contributed by atoms with Crippen molar-refractivity contribution in [3.8, 4) is 0 Å². The Labute approximate surface area is 142 Å². The zero-order valence-electron chi connectivity index (χ0n) is 14.6. The van der Waals surface area contributed by atoms with Crippen LogP contribution in [0.25, 0.3) is 21.8 Å². The number of aryl methyl sites for hydroxylation is 1. The average Bonchev–Trinajstić information content (AvgIpc) is 2.91. The van der Waals surface area contributed by atoms with E-state index in [0.717, 1.165) is 18.5 Å². The van der Waals surface area contributed by atoms with Crippen molar-refractivity contribution < 1.29 is 4.79 Å². The molecule has 0 atom stereocenters. The SMILES string of the molecule is CCn1c2ccccc2c2cc(C(=O)NCCNC(C)C)ccc21. The van der Waals surface area contributed by atoms with E-state index >= 15 is 0 Å². The number of nitrogens with zero attached hydrogens (tertiary/aromatic N) is 1. The number of aromatic nitrogens is 1. The summed E-state index contributed by atoms with van der Waals surface area (Å²) >= 11 is 0. The lowest BCUT2D eigenvalue weighted by Gasteiger charge is -2.09. The zero-order chi connectivity index (χ0) is 17.1. The summed E-state index contributed by atoms with van der Waals surface area (Å²) in [5.74, 6) is -0.0178. The van der Waals surface area contributed by atoms with Crippen LogP contribution < -0.4 is 10.6 Å². The Morgan fingerprint density at radius 2 is 1.79 bits per heavy atom. The van der Waals surface area contributed by atoms with Crippen molar-refractivity contribution in [2.24, 2.45) is 0 Å². The summed E-state index contributed by atoms with van der Waals surface area (Å²) in [7, 11) is 0. The molecule has 0 aliphatic heterocycles. The molecule has 0 aliphatic rings. The molecule has 4 heteroatoms. The fraction of sp³-hybridized carbons (Fsp3) is 0.350. The maximum Gasteiger partial charge on any atom is 0.251 e.